The van der Waals surface area contributed by atoms with Crippen LogP contribution in [0.4, 0.5) is 0 Å². The Morgan fingerprint density at radius 1 is 1.19 bits per heavy atom. The molecule has 0 saturated heterocycles. The Morgan fingerprint density at radius 2 is 1.95 bits per heavy atom. The van der Waals surface area contributed by atoms with Gasteiger partial charge < -0.3 is 9.64 Å². The number of benzene rings is 1. The van der Waals surface area contributed by atoms with E-state index in [1.165, 1.54) is 0 Å². The van der Waals surface area contributed by atoms with E-state index in [1.807, 2.05) is 35.2 Å². The van der Waals surface area contributed by atoms with Crippen molar-refractivity contribution < 1.29 is 9.53 Å². The fraction of sp³-hybridized carbons (Fsp3) is 0.412. The SMILES string of the molecule is CCCN(CCC)C(=O)COc1ccc2ncccc2c1. The summed E-state index contributed by atoms with van der Waals surface area (Å²) in [6.07, 6.45) is 3.69. The standard InChI is InChI=1S/C17H22N2O2/c1-3-10-19(11-4-2)17(20)13-21-15-7-8-16-14(12-15)6-5-9-18-16/h5-9,12H,3-4,10-11,13H2,1-2H3. The van der Waals surface area contributed by atoms with Crippen molar-refractivity contribution in [1.29, 1.82) is 0 Å². The molecule has 0 aliphatic rings. The van der Waals surface area contributed by atoms with E-state index in [9.17, 15) is 4.79 Å². The minimum absolute atomic E-state index is 0.0463. The van der Waals surface area contributed by atoms with E-state index >= 15 is 0 Å². The molecule has 0 atom stereocenters. The number of nitrogens with zero attached hydrogens (tertiary/aromatic N) is 2. The number of pyridine rings is 1. The number of carbonyl (C=O) groups excluding carboxylic acids is 1. The van der Waals surface area contributed by atoms with Crippen LogP contribution in [0.15, 0.2) is 36.5 Å². The van der Waals surface area contributed by atoms with Crippen molar-refractivity contribution in [1.82, 2.24) is 9.88 Å². The van der Waals surface area contributed by atoms with Gasteiger partial charge in [-0.15, -0.1) is 0 Å². The molecule has 4 heteroatoms. The van der Waals surface area contributed by atoms with E-state index in [1.54, 1.807) is 6.20 Å². The van der Waals surface area contributed by atoms with Crippen LogP contribution in [-0.2, 0) is 4.79 Å². The summed E-state index contributed by atoms with van der Waals surface area (Å²) < 4.78 is 5.63. The first-order valence-corrected chi connectivity index (χ1v) is 7.50. The van der Waals surface area contributed by atoms with Gasteiger partial charge in [-0.05, 0) is 37.1 Å². The molecular formula is C17H22N2O2. The van der Waals surface area contributed by atoms with Gasteiger partial charge in [0.2, 0.25) is 0 Å². The van der Waals surface area contributed by atoms with E-state index in [-0.39, 0.29) is 12.5 Å². The van der Waals surface area contributed by atoms with Crippen LogP contribution in [0.2, 0.25) is 0 Å². The largest absolute Gasteiger partial charge is 0.484 e. The molecule has 0 aliphatic heterocycles. The Bertz CT molecular complexity index is 592. The first kappa shape index (κ1) is 15.3. The molecule has 2 rings (SSSR count). The first-order chi connectivity index (χ1) is 10.2. The van der Waals surface area contributed by atoms with Gasteiger partial charge in [0.1, 0.15) is 5.75 Å². The molecule has 0 spiro atoms. The van der Waals surface area contributed by atoms with E-state index in [4.69, 9.17) is 4.74 Å². The molecule has 0 N–H and O–H groups in total. The molecule has 1 aromatic heterocycles. The molecule has 4 nitrogen and oxygen atoms in total. The third-order valence-electron chi connectivity index (χ3n) is 3.28. The normalized spacial score (nSPS) is 10.6. The highest BCUT2D eigenvalue weighted by Gasteiger charge is 2.12. The summed E-state index contributed by atoms with van der Waals surface area (Å²) in [6, 6.07) is 9.55. The Balaban J connectivity index is 1.98. The molecule has 0 aliphatic carbocycles. The smallest absolute Gasteiger partial charge is 0.260 e. The predicted octanol–water partition coefficient (Wildman–Crippen LogP) is 3.26. The Morgan fingerprint density at radius 3 is 2.67 bits per heavy atom. The number of aromatic nitrogens is 1. The van der Waals surface area contributed by atoms with Crippen molar-refractivity contribution in [2.24, 2.45) is 0 Å². The fourth-order valence-electron chi connectivity index (χ4n) is 2.28. The highest BCUT2D eigenvalue weighted by atomic mass is 16.5. The predicted molar refractivity (Wildman–Crippen MR) is 84.4 cm³/mol. The molecule has 1 heterocycles. The maximum absolute atomic E-state index is 12.1. The molecule has 1 amide bonds. The highest BCUT2D eigenvalue weighted by Crippen LogP contribution is 2.18. The monoisotopic (exact) mass is 286 g/mol. The average Bonchev–Trinajstić information content (AvgIpc) is 2.52. The number of hydrogen-bond acceptors (Lipinski definition) is 3. The second-order valence-electron chi connectivity index (χ2n) is 5.03. The Kier molecular flexibility index (Phi) is 5.55. The molecule has 0 unspecified atom stereocenters. The van der Waals surface area contributed by atoms with Gasteiger partial charge in [-0.2, -0.15) is 0 Å². The van der Waals surface area contributed by atoms with Gasteiger partial charge in [0.15, 0.2) is 6.61 Å². The minimum atomic E-state index is 0.0463. The number of rotatable bonds is 7. The van der Waals surface area contributed by atoms with Gasteiger partial charge in [-0.25, -0.2) is 0 Å². The van der Waals surface area contributed by atoms with E-state index < -0.39 is 0 Å². The maximum Gasteiger partial charge on any atom is 0.260 e. The van der Waals surface area contributed by atoms with Gasteiger partial charge in [0, 0.05) is 24.7 Å². The summed E-state index contributed by atoms with van der Waals surface area (Å²) in [7, 11) is 0. The third-order valence-corrected chi connectivity index (χ3v) is 3.28. The Labute approximate surface area is 125 Å². The molecular weight excluding hydrogens is 264 g/mol. The topological polar surface area (TPSA) is 42.4 Å². The molecule has 21 heavy (non-hydrogen) atoms. The zero-order chi connectivity index (χ0) is 15.1. The van der Waals surface area contributed by atoms with E-state index in [2.05, 4.69) is 18.8 Å². The number of fused-ring (bicyclic) bond motifs is 1. The van der Waals surface area contributed by atoms with Crippen molar-refractivity contribution in [3.05, 3.63) is 36.5 Å². The van der Waals surface area contributed by atoms with Crippen molar-refractivity contribution in [3.63, 3.8) is 0 Å². The highest BCUT2D eigenvalue weighted by molar-refractivity contribution is 5.80. The summed E-state index contributed by atoms with van der Waals surface area (Å²) in [5.41, 5.74) is 0.926. The van der Waals surface area contributed by atoms with Crippen molar-refractivity contribution in [3.8, 4) is 5.75 Å². The minimum Gasteiger partial charge on any atom is -0.484 e. The molecule has 1 aromatic carbocycles. The first-order valence-electron chi connectivity index (χ1n) is 7.50. The lowest BCUT2D eigenvalue weighted by molar-refractivity contribution is -0.133. The number of hydrogen-bond donors (Lipinski definition) is 0. The van der Waals surface area contributed by atoms with Gasteiger partial charge >= 0.3 is 0 Å². The molecule has 112 valence electrons. The van der Waals surface area contributed by atoms with Crippen molar-refractivity contribution in [2.45, 2.75) is 26.7 Å². The third kappa shape index (κ3) is 4.18. The molecule has 0 saturated carbocycles. The quantitative estimate of drug-likeness (QED) is 0.784. The fourth-order valence-corrected chi connectivity index (χ4v) is 2.28. The lowest BCUT2D eigenvalue weighted by atomic mass is 10.2. The zero-order valence-electron chi connectivity index (χ0n) is 12.7. The Hall–Kier alpha value is -2.10. The van der Waals surface area contributed by atoms with Gasteiger partial charge in [0.25, 0.3) is 5.91 Å². The number of ether oxygens (including phenoxy) is 1. The summed E-state index contributed by atoms with van der Waals surface area (Å²) >= 11 is 0. The maximum atomic E-state index is 12.1. The molecule has 0 fully saturated rings. The van der Waals surface area contributed by atoms with Crippen LogP contribution in [0.1, 0.15) is 26.7 Å². The lowest BCUT2D eigenvalue weighted by Crippen LogP contribution is -2.36. The number of carbonyl (C=O) groups is 1. The number of amides is 1. The van der Waals surface area contributed by atoms with Crippen LogP contribution in [-0.4, -0.2) is 35.5 Å². The van der Waals surface area contributed by atoms with E-state index in [0.29, 0.717) is 5.75 Å². The van der Waals surface area contributed by atoms with Crippen LogP contribution in [0.25, 0.3) is 10.9 Å². The summed E-state index contributed by atoms with van der Waals surface area (Å²) in [4.78, 5) is 18.3. The summed E-state index contributed by atoms with van der Waals surface area (Å²) in [6.45, 7) is 5.82. The molecule has 0 radical (unpaired) electrons. The second-order valence-corrected chi connectivity index (χ2v) is 5.03. The van der Waals surface area contributed by atoms with Crippen molar-refractivity contribution >= 4 is 16.8 Å². The van der Waals surface area contributed by atoms with Gasteiger partial charge in [-0.3, -0.25) is 9.78 Å². The van der Waals surface area contributed by atoms with Crippen LogP contribution in [0.5, 0.6) is 5.75 Å². The van der Waals surface area contributed by atoms with Crippen LogP contribution in [0, 0.1) is 0 Å². The van der Waals surface area contributed by atoms with Gasteiger partial charge in [0.05, 0.1) is 5.52 Å². The second kappa shape index (κ2) is 7.62. The summed E-state index contributed by atoms with van der Waals surface area (Å²) in [5.74, 6) is 0.752. The van der Waals surface area contributed by atoms with Crippen LogP contribution < -0.4 is 4.74 Å². The average molecular weight is 286 g/mol. The van der Waals surface area contributed by atoms with E-state index in [0.717, 1.165) is 36.8 Å². The molecule has 0 bridgehead atoms. The van der Waals surface area contributed by atoms with Crippen LogP contribution in [0.3, 0.4) is 0 Å². The lowest BCUT2D eigenvalue weighted by Gasteiger charge is -2.21. The zero-order valence-corrected chi connectivity index (χ0v) is 12.7. The van der Waals surface area contributed by atoms with Gasteiger partial charge in [-0.1, -0.05) is 19.9 Å². The van der Waals surface area contributed by atoms with Crippen LogP contribution >= 0.6 is 0 Å². The molecule has 2 aromatic rings. The van der Waals surface area contributed by atoms with Crippen molar-refractivity contribution in [2.75, 3.05) is 19.7 Å². The summed E-state index contributed by atoms with van der Waals surface area (Å²) in [5, 5.41) is 1.02.